The summed E-state index contributed by atoms with van der Waals surface area (Å²) >= 11 is 0. The zero-order valence-corrected chi connectivity index (χ0v) is 14.9. The fourth-order valence-corrected chi connectivity index (χ4v) is 3.03. The summed E-state index contributed by atoms with van der Waals surface area (Å²) in [6.45, 7) is 3.85. The Morgan fingerprint density at radius 3 is 3.04 bits per heavy atom. The summed E-state index contributed by atoms with van der Waals surface area (Å²) in [4.78, 5) is 19.7. The number of hydrogen-bond acceptors (Lipinski definition) is 6. The van der Waals surface area contributed by atoms with Crippen LogP contribution in [0.15, 0.2) is 29.1 Å². The van der Waals surface area contributed by atoms with Crippen LogP contribution >= 0.6 is 0 Å². The number of ether oxygens (including phenoxy) is 2. The van der Waals surface area contributed by atoms with Gasteiger partial charge in [-0.2, -0.15) is 0 Å². The number of H-pyrrole nitrogens is 1. The van der Waals surface area contributed by atoms with Crippen LogP contribution in [0.3, 0.4) is 0 Å². The van der Waals surface area contributed by atoms with Gasteiger partial charge in [0.25, 0.3) is 5.56 Å². The number of nitrogens with one attached hydrogen (secondary N) is 3. The van der Waals surface area contributed by atoms with E-state index in [1.54, 1.807) is 0 Å². The first kappa shape index (κ1) is 18.1. The summed E-state index contributed by atoms with van der Waals surface area (Å²) in [5, 5.41) is 10.8. The van der Waals surface area contributed by atoms with Crippen LogP contribution in [-0.4, -0.2) is 42.0 Å². The number of benzene rings is 1. The molecular formula is C19H24N4O3. The summed E-state index contributed by atoms with van der Waals surface area (Å²) in [7, 11) is 0. The zero-order valence-electron chi connectivity index (χ0n) is 14.9. The van der Waals surface area contributed by atoms with Crippen LogP contribution < -0.4 is 15.6 Å². The van der Waals surface area contributed by atoms with Crippen molar-refractivity contribution in [2.75, 3.05) is 25.1 Å². The quantitative estimate of drug-likeness (QED) is 0.661. The smallest absolute Gasteiger partial charge is 0.261 e. The van der Waals surface area contributed by atoms with E-state index in [9.17, 15) is 4.79 Å². The van der Waals surface area contributed by atoms with Crippen molar-refractivity contribution in [3.8, 4) is 5.75 Å². The largest absolute Gasteiger partial charge is 0.494 e. The third-order valence-corrected chi connectivity index (χ3v) is 4.28. The Morgan fingerprint density at radius 1 is 1.46 bits per heavy atom. The van der Waals surface area contributed by atoms with Crippen molar-refractivity contribution in [1.29, 1.82) is 5.41 Å². The van der Waals surface area contributed by atoms with E-state index in [2.05, 4.69) is 15.3 Å². The summed E-state index contributed by atoms with van der Waals surface area (Å²) in [5.74, 6) is 1.75. The van der Waals surface area contributed by atoms with Crippen LogP contribution in [0.25, 0.3) is 0 Å². The lowest BCUT2D eigenvalue weighted by Crippen LogP contribution is -2.32. The second-order valence-corrected chi connectivity index (χ2v) is 6.20. The first-order chi connectivity index (χ1) is 12.7. The van der Waals surface area contributed by atoms with Gasteiger partial charge in [-0.3, -0.25) is 4.79 Å². The Hall–Kier alpha value is -2.67. The highest BCUT2D eigenvalue weighted by atomic mass is 16.5. The fourth-order valence-electron chi connectivity index (χ4n) is 3.03. The number of nitrogens with zero attached hydrogens (tertiary/aromatic N) is 1. The van der Waals surface area contributed by atoms with Crippen LogP contribution in [0.5, 0.6) is 5.75 Å². The molecule has 0 amide bonds. The second kappa shape index (κ2) is 8.62. The maximum absolute atomic E-state index is 12.4. The fraction of sp³-hybridized carbons (Fsp3) is 0.421. The summed E-state index contributed by atoms with van der Waals surface area (Å²) in [6.07, 6.45) is 3.40. The van der Waals surface area contributed by atoms with Gasteiger partial charge in [0, 0.05) is 24.8 Å². The predicted octanol–water partition coefficient (Wildman–Crippen LogP) is 2.35. The molecular weight excluding hydrogens is 332 g/mol. The average Bonchev–Trinajstić information content (AvgIpc) is 2.64. The van der Waals surface area contributed by atoms with E-state index in [4.69, 9.17) is 14.9 Å². The number of aromatic amines is 1. The molecule has 1 unspecified atom stereocenters. The van der Waals surface area contributed by atoms with Crippen LogP contribution in [0.1, 0.15) is 36.7 Å². The monoisotopic (exact) mass is 356 g/mol. The molecule has 7 nitrogen and oxygen atoms in total. The highest BCUT2D eigenvalue weighted by molar-refractivity contribution is 5.83. The van der Waals surface area contributed by atoms with E-state index in [0.717, 1.165) is 37.0 Å². The third kappa shape index (κ3) is 4.29. The molecule has 0 spiro atoms. The van der Waals surface area contributed by atoms with Crippen LogP contribution in [0.4, 0.5) is 5.82 Å². The third-order valence-electron chi connectivity index (χ3n) is 4.28. The van der Waals surface area contributed by atoms with Gasteiger partial charge in [-0.1, -0.05) is 18.2 Å². The van der Waals surface area contributed by atoms with Gasteiger partial charge >= 0.3 is 0 Å². The van der Waals surface area contributed by atoms with E-state index in [1.165, 1.54) is 0 Å². The minimum absolute atomic E-state index is 0.0975. The minimum atomic E-state index is -0.321. The molecule has 1 aliphatic heterocycles. The normalized spacial score (nSPS) is 16.9. The summed E-state index contributed by atoms with van der Waals surface area (Å²) in [6, 6.07) is 7.80. The standard InChI is InChI=1S/C19H24N4O3/c1-2-26-16-8-4-3-6-13(16)10-17-22-18(15(11-20)19(24)23-17)21-14-7-5-9-25-12-14/h3-4,6,8,11,14,20H,2,5,7,9-10,12H2,1H3,(H2,21,22,23,24). The van der Waals surface area contributed by atoms with Gasteiger partial charge in [-0.05, 0) is 25.8 Å². The lowest BCUT2D eigenvalue weighted by molar-refractivity contribution is 0.0875. The molecule has 3 rings (SSSR count). The first-order valence-corrected chi connectivity index (χ1v) is 8.90. The number of rotatable bonds is 7. The Morgan fingerprint density at radius 2 is 2.31 bits per heavy atom. The predicted molar refractivity (Wildman–Crippen MR) is 101 cm³/mol. The van der Waals surface area contributed by atoms with E-state index in [-0.39, 0.29) is 17.2 Å². The number of aromatic nitrogens is 2. The van der Waals surface area contributed by atoms with Crippen molar-refractivity contribution in [1.82, 2.24) is 9.97 Å². The maximum Gasteiger partial charge on any atom is 0.261 e. The molecule has 1 fully saturated rings. The average molecular weight is 356 g/mol. The molecule has 2 aromatic rings. The Balaban J connectivity index is 1.88. The SMILES string of the molecule is CCOc1ccccc1Cc1nc(NC2CCCOC2)c(C=N)c(=O)[nH]1. The van der Waals surface area contributed by atoms with Crippen LogP contribution in [-0.2, 0) is 11.2 Å². The van der Waals surface area contributed by atoms with Gasteiger partial charge in [0.1, 0.15) is 17.4 Å². The van der Waals surface area contributed by atoms with E-state index < -0.39 is 0 Å². The first-order valence-electron chi connectivity index (χ1n) is 8.90. The van der Waals surface area contributed by atoms with Crippen molar-refractivity contribution in [2.24, 2.45) is 0 Å². The maximum atomic E-state index is 12.4. The Bertz CT molecular complexity index is 813. The number of para-hydroxylation sites is 1. The van der Waals surface area contributed by atoms with Gasteiger partial charge in [0.05, 0.1) is 24.8 Å². The van der Waals surface area contributed by atoms with Crippen LogP contribution in [0, 0.1) is 5.41 Å². The van der Waals surface area contributed by atoms with Gasteiger partial charge in [0.2, 0.25) is 0 Å². The molecule has 0 saturated carbocycles. The van der Waals surface area contributed by atoms with E-state index >= 15 is 0 Å². The van der Waals surface area contributed by atoms with Gasteiger partial charge in [-0.15, -0.1) is 0 Å². The lowest BCUT2D eigenvalue weighted by Gasteiger charge is -2.24. The highest BCUT2D eigenvalue weighted by Gasteiger charge is 2.18. The van der Waals surface area contributed by atoms with Crippen LogP contribution in [0.2, 0.25) is 0 Å². The summed E-state index contributed by atoms with van der Waals surface area (Å²) in [5.41, 5.74) is 0.864. The molecule has 1 aromatic heterocycles. The lowest BCUT2D eigenvalue weighted by atomic mass is 10.1. The van der Waals surface area contributed by atoms with Crippen molar-refractivity contribution in [3.63, 3.8) is 0 Å². The van der Waals surface area contributed by atoms with E-state index in [1.807, 2.05) is 31.2 Å². The number of hydrogen-bond donors (Lipinski definition) is 3. The van der Waals surface area contributed by atoms with E-state index in [0.29, 0.717) is 31.3 Å². The highest BCUT2D eigenvalue weighted by Crippen LogP contribution is 2.21. The second-order valence-electron chi connectivity index (χ2n) is 6.20. The molecule has 7 heteroatoms. The molecule has 0 bridgehead atoms. The molecule has 2 heterocycles. The zero-order chi connectivity index (χ0) is 18.4. The molecule has 1 aromatic carbocycles. The van der Waals surface area contributed by atoms with Gasteiger partial charge in [-0.25, -0.2) is 4.98 Å². The van der Waals surface area contributed by atoms with Gasteiger partial charge < -0.3 is 25.2 Å². The molecule has 0 radical (unpaired) electrons. The molecule has 1 atom stereocenters. The van der Waals surface area contributed by atoms with Crippen molar-refractivity contribution in [3.05, 3.63) is 51.6 Å². The number of anilines is 1. The summed E-state index contributed by atoms with van der Waals surface area (Å²) < 4.78 is 11.1. The Labute approximate surface area is 152 Å². The Kier molecular flexibility index (Phi) is 6.01. The molecule has 0 aliphatic carbocycles. The van der Waals surface area contributed by atoms with Crippen molar-refractivity contribution < 1.29 is 9.47 Å². The van der Waals surface area contributed by atoms with Gasteiger partial charge in [0.15, 0.2) is 0 Å². The topological polar surface area (TPSA) is 100 Å². The molecule has 1 aliphatic rings. The molecule has 1 saturated heterocycles. The van der Waals surface area contributed by atoms with Crippen molar-refractivity contribution in [2.45, 2.75) is 32.2 Å². The molecule has 3 N–H and O–H groups in total. The van der Waals surface area contributed by atoms with Crippen molar-refractivity contribution >= 4 is 12.0 Å². The molecule has 138 valence electrons. The molecule has 26 heavy (non-hydrogen) atoms. The minimum Gasteiger partial charge on any atom is -0.494 e.